The average molecular weight is 348 g/mol. The van der Waals surface area contributed by atoms with Crippen molar-refractivity contribution in [1.82, 2.24) is 15.4 Å². The van der Waals surface area contributed by atoms with Gasteiger partial charge in [-0.3, -0.25) is 4.79 Å². The number of benzene rings is 1. The molecule has 0 saturated heterocycles. The van der Waals surface area contributed by atoms with Crippen LogP contribution in [0.2, 0.25) is 0 Å². The molecule has 0 spiro atoms. The minimum Gasteiger partial charge on any atom is -0.507 e. The summed E-state index contributed by atoms with van der Waals surface area (Å²) in [7, 11) is 0. The second kappa shape index (κ2) is 8.54. The Kier molecular flexibility index (Phi) is 6.42. The molecule has 2 N–H and O–H groups in total. The van der Waals surface area contributed by atoms with Gasteiger partial charge in [0, 0.05) is 11.3 Å². The highest BCUT2D eigenvalue weighted by Crippen LogP contribution is 2.19. The third-order valence-corrected chi connectivity index (χ3v) is 4.13. The first kappa shape index (κ1) is 17.3. The molecule has 0 aliphatic rings. The van der Waals surface area contributed by atoms with Gasteiger partial charge in [0.05, 0.1) is 12.0 Å². The molecular weight excluding hydrogens is 332 g/mol. The van der Waals surface area contributed by atoms with Crippen LogP contribution in [0.4, 0.5) is 0 Å². The fourth-order valence-corrected chi connectivity index (χ4v) is 2.85. The van der Waals surface area contributed by atoms with Gasteiger partial charge in [0.2, 0.25) is 5.91 Å². The third-order valence-electron chi connectivity index (χ3n) is 2.67. The van der Waals surface area contributed by atoms with Gasteiger partial charge >= 0.3 is 0 Å². The molecule has 1 aromatic heterocycles. The van der Waals surface area contributed by atoms with Gasteiger partial charge in [0.25, 0.3) is 0 Å². The predicted octanol–water partition coefficient (Wildman–Crippen LogP) is 2.45. The summed E-state index contributed by atoms with van der Waals surface area (Å²) in [5, 5.41) is 14.8. The summed E-state index contributed by atoms with van der Waals surface area (Å²) in [6.45, 7) is 1.89. The Labute approximate surface area is 142 Å². The normalized spacial score (nSPS) is 10.9. The van der Waals surface area contributed by atoms with E-state index >= 15 is 0 Å². The minimum absolute atomic E-state index is 0.112. The van der Waals surface area contributed by atoms with Crippen molar-refractivity contribution in [2.24, 2.45) is 5.10 Å². The summed E-state index contributed by atoms with van der Waals surface area (Å²) in [6, 6.07) is 8.59. The smallest absolute Gasteiger partial charge is 0.250 e. The van der Waals surface area contributed by atoms with Gasteiger partial charge in [-0.05, 0) is 31.4 Å². The second-order valence-corrected chi connectivity index (χ2v) is 6.24. The molecule has 0 atom stereocenters. The Morgan fingerprint density at radius 3 is 2.91 bits per heavy atom. The molecule has 120 valence electrons. The third kappa shape index (κ3) is 5.57. The fraction of sp³-hybridized carbons (Fsp3) is 0.200. The fourth-order valence-electron chi connectivity index (χ4n) is 1.62. The van der Waals surface area contributed by atoms with E-state index in [0.29, 0.717) is 10.7 Å². The van der Waals surface area contributed by atoms with Gasteiger partial charge in [-0.25, -0.2) is 15.4 Å². The zero-order chi connectivity index (χ0) is 16.7. The predicted molar refractivity (Wildman–Crippen MR) is 93.1 cm³/mol. The van der Waals surface area contributed by atoms with Crippen molar-refractivity contribution in [3.63, 3.8) is 0 Å². The van der Waals surface area contributed by atoms with Crippen molar-refractivity contribution in [1.29, 1.82) is 0 Å². The molecule has 0 bridgehead atoms. The lowest BCUT2D eigenvalue weighted by molar-refractivity contribution is -0.118. The first-order valence-corrected chi connectivity index (χ1v) is 8.92. The van der Waals surface area contributed by atoms with Crippen LogP contribution in [-0.4, -0.2) is 39.2 Å². The van der Waals surface area contributed by atoms with Crippen molar-refractivity contribution in [2.45, 2.75) is 17.1 Å². The molecule has 2 rings (SSSR count). The number of phenolic OH excluding ortho intramolecular Hbond substituents is 1. The van der Waals surface area contributed by atoms with Crippen LogP contribution in [0.15, 0.2) is 45.6 Å². The van der Waals surface area contributed by atoms with Crippen LogP contribution >= 0.6 is 23.5 Å². The highest BCUT2D eigenvalue weighted by atomic mass is 32.2. The summed E-state index contributed by atoms with van der Waals surface area (Å²) in [4.78, 5) is 20.4. The molecule has 0 fully saturated rings. The number of aromatic nitrogens is 2. The van der Waals surface area contributed by atoms with Crippen LogP contribution in [0.3, 0.4) is 0 Å². The number of carbonyl (C=O) groups excluding carboxylic acids is 1. The van der Waals surface area contributed by atoms with Gasteiger partial charge in [0.1, 0.15) is 10.8 Å². The van der Waals surface area contributed by atoms with E-state index in [0.717, 1.165) is 10.7 Å². The highest BCUT2D eigenvalue weighted by molar-refractivity contribution is 8.00. The lowest BCUT2D eigenvalue weighted by Crippen LogP contribution is -2.19. The van der Waals surface area contributed by atoms with Crippen LogP contribution in [0, 0.1) is 6.92 Å². The molecular formula is C15H16N4O2S2. The number of hydrogen-bond donors (Lipinski definition) is 2. The lowest BCUT2D eigenvalue weighted by Gasteiger charge is -2.03. The highest BCUT2D eigenvalue weighted by Gasteiger charge is 2.06. The summed E-state index contributed by atoms with van der Waals surface area (Å²) in [5.74, 6) is 0.0622. The van der Waals surface area contributed by atoms with E-state index in [-0.39, 0.29) is 17.4 Å². The molecule has 2 aromatic rings. The molecule has 6 nitrogen and oxygen atoms in total. The number of phenols is 1. The van der Waals surface area contributed by atoms with Crippen LogP contribution in [-0.2, 0) is 4.79 Å². The van der Waals surface area contributed by atoms with Gasteiger partial charge < -0.3 is 5.11 Å². The summed E-state index contributed by atoms with van der Waals surface area (Å²) < 4.78 is 0. The monoisotopic (exact) mass is 348 g/mol. The van der Waals surface area contributed by atoms with Crippen molar-refractivity contribution >= 4 is 35.6 Å². The number of nitrogens with zero attached hydrogens (tertiary/aromatic N) is 3. The maximum atomic E-state index is 11.8. The lowest BCUT2D eigenvalue weighted by atomic mass is 10.2. The Morgan fingerprint density at radius 2 is 2.17 bits per heavy atom. The second-order valence-electron chi connectivity index (χ2n) is 4.47. The Bertz CT molecular complexity index is 722. The van der Waals surface area contributed by atoms with Gasteiger partial charge in [-0.1, -0.05) is 35.7 Å². The number of carbonyl (C=O) groups is 1. The van der Waals surface area contributed by atoms with Gasteiger partial charge in [0.15, 0.2) is 5.16 Å². The molecule has 1 amide bonds. The van der Waals surface area contributed by atoms with Gasteiger partial charge in [-0.2, -0.15) is 5.10 Å². The van der Waals surface area contributed by atoms with Crippen molar-refractivity contribution in [3.8, 4) is 5.75 Å². The molecule has 0 saturated carbocycles. The van der Waals surface area contributed by atoms with Crippen molar-refractivity contribution in [3.05, 3.63) is 41.6 Å². The number of aryl methyl sites for hydroxylation is 1. The average Bonchev–Trinajstić information content (AvgIpc) is 2.54. The van der Waals surface area contributed by atoms with Crippen LogP contribution in [0.25, 0.3) is 0 Å². The first-order chi connectivity index (χ1) is 11.1. The number of hydrogen-bond acceptors (Lipinski definition) is 7. The van der Waals surface area contributed by atoms with Crippen LogP contribution < -0.4 is 5.43 Å². The van der Waals surface area contributed by atoms with E-state index < -0.39 is 0 Å². The topological polar surface area (TPSA) is 87.5 Å². The standard InChI is InChI=1S/C15H16N4O2S2/c1-10-7-14(18-15(17-10)22-2)23-9-13(21)19-16-8-11-5-3-4-6-12(11)20/h3-8,20H,9H2,1-2H3,(H,19,21)/b16-8+. The number of thioether (sulfide) groups is 2. The largest absolute Gasteiger partial charge is 0.507 e. The SMILES string of the molecule is CSc1nc(C)cc(SCC(=O)N/N=C/c2ccccc2O)n1. The molecule has 8 heteroatoms. The number of nitrogens with one attached hydrogen (secondary N) is 1. The van der Waals surface area contributed by atoms with E-state index in [9.17, 15) is 9.90 Å². The van der Waals surface area contributed by atoms with Crippen LogP contribution in [0.1, 0.15) is 11.3 Å². The van der Waals surface area contributed by atoms with E-state index in [2.05, 4.69) is 20.5 Å². The summed E-state index contributed by atoms with van der Waals surface area (Å²) in [5.41, 5.74) is 3.83. The summed E-state index contributed by atoms with van der Waals surface area (Å²) >= 11 is 2.78. The Hall–Kier alpha value is -2.06. The van der Waals surface area contributed by atoms with Gasteiger partial charge in [-0.15, -0.1) is 0 Å². The zero-order valence-corrected chi connectivity index (χ0v) is 14.3. The Balaban J connectivity index is 1.86. The van der Waals surface area contributed by atoms with Crippen molar-refractivity contribution < 1.29 is 9.90 Å². The number of rotatable bonds is 6. The number of hydrazone groups is 1. The molecule has 0 aliphatic carbocycles. The van der Waals surface area contributed by atoms with Crippen LogP contribution in [0.5, 0.6) is 5.75 Å². The number of amides is 1. The Morgan fingerprint density at radius 1 is 1.39 bits per heavy atom. The molecule has 0 aliphatic heterocycles. The molecule has 0 radical (unpaired) electrons. The van der Waals surface area contributed by atoms with E-state index in [1.165, 1.54) is 29.7 Å². The maximum absolute atomic E-state index is 11.8. The molecule has 23 heavy (non-hydrogen) atoms. The molecule has 1 aromatic carbocycles. The number of aromatic hydroxyl groups is 1. The van der Waals surface area contributed by atoms with E-state index in [4.69, 9.17) is 0 Å². The number of para-hydroxylation sites is 1. The van der Waals surface area contributed by atoms with E-state index in [1.807, 2.05) is 19.2 Å². The van der Waals surface area contributed by atoms with E-state index in [1.54, 1.807) is 24.3 Å². The summed E-state index contributed by atoms with van der Waals surface area (Å²) in [6.07, 6.45) is 3.31. The van der Waals surface area contributed by atoms with Crippen molar-refractivity contribution in [2.75, 3.05) is 12.0 Å². The minimum atomic E-state index is -0.247. The molecule has 0 unspecified atom stereocenters. The quantitative estimate of drug-likeness (QED) is 0.274. The molecule has 1 heterocycles. The first-order valence-electron chi connectivity index (χ1n) is 6.71. The zero-order valence-electron chi connectivity index (χ0n) is 12.7. The maximum Gasteiger partial charge on any atom is 0.250 e.